The zero-order valence-corrected chi connectivity index (χ0v) is 16.8. The molecule has 2 aromatic carbocycles. The van der Waals surface area contributed by atoms with E-state index < -0.39 is 0 Å². The first-order valence-electron chi connectivity index (χ1n) is 10.8. The van der Waals surface area contributed by atoms with E-state index in [1.807, 2.05) is 12.1 Å². The molecule has 1 saturated heterocycles. The number of benzene rings is 2. The summed E-state index contributed by atoms with van der Waals surface area (Å²) in [6.07, 6.45) is 7.87. The van der Waals surface area contributed by atoms with Gasteiger partial charge in [0.25, 0.3) is 5.91 Å². The number of Topliss-reactive ketones (excluding diaryl/α,β-unsaturated/α-hetero) is 1. The van der Waals surface area contributed by atoms with E-state index in [9.17, 15) is 14.7 Å². The average molecular weight is 392 g/mol. The smallest absolute Gasteiger partial charge is 0.253 e. The van der Waals surface area contributed by atoms with Crippen LogP contribution >= 0.6 is 0 Å². The number of likely N-dealkylation sites (tertiary alicyclic amines) is 1. The first-order chi connectivity index (χ1) is 14.1. The summed E-state index contributed by atoms with van der Waals surface area (Å²) in [7, 11) is 0. The van der Waals surface area contributed by atoms with Crippen molar-refractivity contribution in [2.24, 2.45) is 5.92 Å². The van der Waals surface area contributed by atoms with E-state index in [4.69, 9.17) is 0 Å². The lowest BCUT2D eigenvalue weighted by Gasteiger charge is -2.31. The molecular weight excluding hydrogens is 362 g/mol. The van der Waals surface area contributed by atoms with Crippen LogP contribution in [0.1, 0.15) is 77.1 Å². The van der Waals surface area contributed by atoms with Gasteiger partial charge in [0.2, 0.25) is 0 Å². The van der Waals surface area contributed by atoms with Crippen molar-refractivity contribution in [1.82, 2.24) is 4.90 Å². The van der Waals surface area contributed by atoms with Crippen LogP contribution < -0.4 is 0 Å². The lowest BCUT2D eigenvalue weighted by atomic mass is 9.83. The van der Waals surface area contributed by atoms with Crippen molar-refractivity contribution in [1.29, 1.82) is 0 Å². The van der Waals surface area contributed by atoms with E-state index in [0.29, 0.717) is 37.4 Å². The molecule has 1 heterocycles. The lowest BCUT2D eigenvalue weighted by molar-refractivity contribution is 0.0650. The summed E-state index contributed by atoms with van der Waals surface area (Å²) in [5, 5.41) is 9.59. The van der Waals surface area contributed by atoms with Crippen molar-refractivity contribution in [3.8, 4) is 5.75 Å². The summed E-state index contributed by atoms with van der Waals surface area (Å²) in [6.45, 7) is 1.15. The summed E-state index contributed by atoms with van der Waals surface area (Å²) < 4.78 is 0. The Labute approximate surface area is 172 Å². The van der Waals surface area contributed by atoms with Crippen molar-refractivity contribution in [2.75, 3.05) is 13.1 Å². The minimum absolute atomic E-state index is 0.0243. The van der Waals surface area contributed by atoms with Gasteiger partial charge in [-0.1, -0.05) is 49.6 Å². The molecule has 2 aliphatic rings. The number of phenols is 1. The number of ketones is 1. The Kier molecular flexibility index (Phi) is 5.98. The largest absolute Gasteiger partial charge is 0.508 e. The number of carbonyl (C=O) groups excluding carboxylic acids is 2. The summed E-state index contributed by atoms with van der Waals surface area (Å²) in [5.41, 5.74) is 2.66. The number of aromatic hydroxyl groups is 1. The van der Waals surface area contributed by atoms with E-state index in [0.717, 1.165) is 5.56 Å². The molecule has 0 unspecified atom stereocenters. The summed E-state index contributed by atoms with van der Waals surface area (Å²) in [6, 6.07) is 14.7. The van der Waals surface area contributed by atoms with Gasteiger partial charge in [0.05, 0.1) is 0 Å². The molecule has 1 N–H and O–H groups in total. The Bertz CT molecular complexity index is 860. The minimum Gasteiger partial charge on any atom is -0.508 e. The van der Waals surface area contributed by atoms with Crippen LogP contribution in [0.3, 0.4) is 0 Å². The summed E-state index contributed by atoms with van der Waals surface area (Å²) in [4.78, 5) is 27.3. The van der Waals surface area contributed by atoms with E-state index in [2.05, 4.69) is 12.1 Å². The monoisotopic (exact) mass is 391 g/mol. The van der Waals surface area contributed by atoms with Gasteiger partial charge in [0.1, 0.15) is 5.75 Å². The molecule has 0 atom stereocenters. The second kappa shape index (κ2) is 8.81. The van der Waals surface area contributed by atoms with Crippen LogP contribution in [0.15, 0.2) is 48.5 Å². The highest BCUT2D eigenvalue weighted by molar-refractivity contribution is 5.98. The summed E-state index contributed by atoms with van der Waals surface area (Å²) >= 11 is 0. The highest BCUT2D eigenvalue weighted by atomic mass is 16.3. The molecule has 4 heteroatoms. The van der Waals surface area contributed by atoms with Gasteiger partial charge >= 0.3 is 0 Å². The van der Waals surface area contributed by atoms with Crippen molar-refractivity contribution in [2.45, 2.75) is 50.9 Å². The van der Waals surface area contributed by atoms with Gasteiger partial charge in [-0.2, -0.15) is 0 Å². The third-order valence-corrected chi connectivity index (χ3v) is 6.52. The number of piperidine rings is 1. The van der Waals surface area contributed by atoms with E-state index >= 15 is 0 Å². The predicted octanol–water partition coefficient (Wildman–Crippen LogP) is 5.18. The van der Waals surface area contributed by atoms with Crippen LogP contribution in [0, 0.1) is 5.92 Å². The maximum Gasteiger partial charge on any atom is 0.253 e. The number of rotatable bonds is 4. The van der Waals surface area contributed by atoms with Gasteiger partial charge in [-0.05, 0) is 55.4 Å². The molecule has 4 nitrogen and oxygen atoms in total. The molecule has 152 valence electrons. The van der Waals surface area contributed by atoms with Gasteiger partial charge in [0.15, 0.2) is 5.78 Å². The van der Waals surface area contributed by atoms with Crippen LogP contribution in [-0.4, -0.2) is 34.8 Å². The Morgan fingerprint density at radius 1 is 0.828 bits per heavy atom. The normalized spacial score (nSPS) is 18.6. The molecule has 1 amide bonds. The van der Waals surface area contributed by atoms with Crippen LogP contribution in [0.5, 0.6) is 5.75 Å². The molecule has 0 aromatic heterocycles. The van der Waals surface area contributed by atoms with E-state index in [1.54, 1.807) is 23.1 Å². The fraction of sp³-hybridized carbons (Fsp3) is 0.440. The van der Waals surface area contributed by atoms with Gasteiger partial charge in [-0.25, -0.2) is 0 Å². The van der Waals surface area contributed by atoms with Crippen LogP contribution in [0.2, 0.25) is 0 Å². The van der Waals surface area contributed by atoms with Crippen molar-refractivity contribution < 1.29 is 14.7 Å². The molecule has 0 spiro atoms. The SMILES string of the molecule is O=C(c1ccc(C2CCCCC2)cc1)C1CCN(C(=O)c2cccc(O)c2)CC1. The molecule has 4 rings (SSSR count). The minimum atomic E-state index is -0.0800. The average Bonchev–Trinajstić information content (AvgIpc) is 2.79. The first kappa shape index (κ1) is 19.7. The van der Waals surface area contributed by atoms with Crippen molar-refractivity contribution in [3.05, 3.63) is 65.2 Å². The number of nitrogens with zero attached hydrogens (tertiary/aromatic N) is 1. The fourth-order valence-corrected chi connectivity index (χ4v) is 4.76. The number of hydrogen-bond acceptors (Lipinski definition) is 3. The number of hydrogen-bond donors (Lipinski definition) is 1. The zero-order chi connectivity index (χ0) is 20.2. The molecule has 0 bridgehead atoms. The van der Waals surface area contributed by atoms with Gasteiger partial charge < -0.3 is 10.0 Å². The maximum absolute atomic E-state index is 12.9. The second-order valence-electron chi connectivity index (χ2n) is 8.44. The number of phenolic OH excluding ortho intramolecular Hbond substituents is 1. The molecule has 1 saturated carbocycles. The molecule has 2 aromatic rings. The molecular formula is C25H29NO3. The molecule has 29 heavy (non-hydrogen) atoms. The van der Waals surface area contributed by atoms with Crippen LogP contribution in [-0.2, 0) is 0 Å². The number of carbonyl (C=O) groups is 2. The van der Waals surface area contributed by atoms with Gasteiger partial charge in [-0.15, -0.1) is 0 Å². The topological polar surface area (TPSA) is 57.6 Å². The van der Waals surface area contributed by atoms with E-state index in [1.165, 1.54) is 43.7 Å². The lowest BCUT2D eigenvalue weighted by Crippen LogP contribution is -2.40. The second-order valence-corrected chi connectivity index (χ2v) is 8.44. The van der Waals surface area contributed by atoms with Crippen LogP contribution in [0.4, 0.5) is 0 Å². The van der Waals surface area contributed by atoms with Gasteiger partial charge in [0, 0.05) is 30.1 Å². The molecule has 1 aliphatic carbocycles. The Balaban J connectivity index is 1.34. The molecule has 1 aliphatic heterocycles. The first-order valence-corrected chi connectivity index (χ1v) is 10.8. The molecule has 0 radical (unpaired) electrons. The van der Waals surface area contributed by atoms with Crippen molar-refractivity contribution in [3.63, 3.8) is 0 Å². The van der Waals surface area contributed by atoms with Gasteiger partial charge in [-0.3, -0.25) is 9.59 Å². The number of amides is 1. The zero-order valence-electron chi connectivity index (χ0n) is 16.8. The Morgan fingerprint density at radius 2 is 1.52 bits per heavy atom. The Morgan fingerprint density at radius 3 is 2.17 bits per heavy atom. The predicted molar refractivity (Wildman–Crippen MR) is 113 cm³/mol. The quantitative estimate of drug-likeness (QED) is 0.731. The van der Waals surface area contributed by atoms with Crippen molar-refractivity contribution >= 4 is 11.7 Å². The standard InChI is InChI=1S/C25H29NO3/c27-23-8-4-7-22(17-23)25(29)26-15-13-21(14-16-26)24(28)20-11-9-19(10-12-20)18-5-2-1-3-6-18/h4,7-12,17-18,21,27H,1-3,5-6,13-16H2. The maximum atomic E-state index is 12.9. The Hall–Kier alpha value is -2.62. The third-order valence-electron chi connectivity index (χ3n) is 6.52. The molecule has 2 fully saturated rings. The van der Waals surface area contributed by atoms with E-state index in [-0.39, 0.29) is 23.4 Å². The fourth-order valence-electron chi connectivity index (χ4n) is 4.76. The highest BCUT2D eigenvalue weighted by Crippen LogP contribution is 2.33. The van der Waals surface area contributed by atoms with Crippen LogP contribution in [0.25, 0.3) is 0 Å². The third kappa shape index (κ3) is 4.52. The summed E-state index contributed by atoms with van der Waals surface area (Å²) in [5.74, 6) is 0.842. The highest BCUT2D eigenvalue weighted by Gasteiger charge is 2.28.